The van der Waals surface area contributed by atoms with Crippen LogP contribution in [0.2, 0.25) is 0 Å². The molecule has 2 rings (SSSR count). The van der Waals surface area contributed by atoms with Crippen LogP contribution >= 0.6 is 0 Å². The molecule has 0 aromatic heterocycles. The lowest BCUT2D eigenvalue weighted by Crippen LogP contribution is -2.27. The van der Waals surface area contributed by atoms with E-state index >= 15 is 0 Å². The summed E-state index contributed by atoms with van der Waals surface area (Å²) >= 11 is 0. The molecule has 0 radical (unpaired) electrons. The van der Waals surface area contributed by atoms with Gasteiger partial charge in [-0.05, 0) is 74.9 Å². The van der Waals surface area contributed by atoms with E-state index in [9.17, 15) is 20.0 Å². The van der Waals surface area contributed by atoms with Crippen molar-refractivity contribution in [2.24, 2.45) is 0 Å². The van der Waals surface area contributed by atoms with Gasteiger partial charge in [0, 0.05) is 17.5 Å². The molecule has 0 bridgehead atoms. The Hall–Kier alpha value is -3.79. The second-order valence-electron chi connectivity index (χ2n) is 6.91. The highest BCUT2D eigenvalue weighted by Crippen LogP contribution is 2.19. The number of carbonyl (C=O) groups excluding carboxylic acids is 2. The van der Waals surface area contributed by atoms with Crippen molar-refractivity contribution in [2.75, 3.05) is 10.6 Å². The van der Waals surface area contributed by atoms with Crippen LogP contribution in [-0.4, -0.2) is 22.7 Å². The van der Waals surface area contributed by atoms with Crippen LogP contribution in [0.3, 0.4) is 0 Å². The lowest BCUT2D eigenvalue weighted by atomic mass is 10.1. The zero-order valence-electron chi connectivity index (χ0n) is 15.8. The average Bonchev–Trinajstić information content (AvgIpc) is 2.60. The first-order valence-electron chi connectivity index (χ1n) is 8.48. The van der Waals surface area contributed by atoms with Crippen molar-refractivity contribution in [3.8, 4) is 11.8 Å². The number of ether oxygens (including phenoxy) is 1. The lowest BCUT2D eigenvalue weighted by Gasteiger charge is -2.19. The number of phenols is 1. The number of benzene rings is 2. The predicted octanol–water partition coefficient (Wildman–Crippen LogP) is 4.28. The van der Waals surface area contributed by atoms with Gasteiger partial charge in [0.1, 0.15) is 11.4 Å². The number of carbonyl (C=O) groups is 2. The van der Waals surface area contributed by atoms with E-state index in [-0.39, 0.29) is 11.3 Å². The first-order valence-corrected chi connectivity index (χ1v) is 8.48. The molecule has 7 nitrogen and oxygen atoms in total. The predicted molar refractivity (Wildman–Crippen MR) is 107 cm³/mol. The van der Waals surface area contributed by atoms with Crippen LogP contribution in [0, 0.1) is 11.3 Å². The molecular formula is C21H21N3O4. The molecule has 0 aliphatic rings. The molecule has 0 aliphatic carbocycles. The van der Waals surface area contributed by atoms with Crippen molar-refractivity contribution in [1.82, 2.24) is 0 Å². The van der Waals surface area contributed by atoms with Crippen molar-refractivity contribution < 1.29 is 19.4 Å². The van der Waals surface area contributed by atoms with Gasteiger partial charge in [-0.1, -0.05) is 0 Å². The summed E-state index contributed by atoms with van der Waals surface area (Å²) in [5, 5.41) is 23.8. The van der Waals surface area contributed by atoms with E-state index < -0.39 is 17.6 Å². The number of aromatic hydroxyl groups is 1. The number of rotatable bonds is 4. The molecule has 0 heterocycles. The molecule has 2 amide bonds. The molecule has 0 spiro atoms. The minimum Gasteiger partial charge on any atom is -0.508 e. The third-order valence-electron chi connectivity index (χ3n) is 3.37. The highest BCUT2D eigenvalue weighted by atomic mass is 16.6. The summed E-state index contributed by atoms with van der Waals surface area (Å²) in [5.41, 5.74) is 1.11. The molecule has 0 saturated heterocycles. The number of hydrogen-bond acceptors (Lipinski definition) is 5. The van der Waals surface area contributed by atoms with Gasteiger partial charge < -0.3 is 15.2 Å². The maximum absolute atomic E-state index is 12.2. The number of nitriles is 1. The van der Waals surface area contributed by atoms with Gasteiger partial charge in [0.25, 0.3) is 0 Å². The third-order valence-corrected chi connectivity index (χ3v) is 3.37. The van der Waals surface area contributed by atoms with E-state index in [1.807, 2.05) is 6.07 Å². The van der Waals surface area contributed by atoms with Crippen molar-refractivity contribution in [2.45, 2.75) is 26.4 Å². The molecule has 7 heteroatoms. The quantitative estimate of drug-likeness (QED) is 0.542. The second-order valence-corrected chi connectivity index (χ2v) is 6.91. The molecule has 144 valence electrons. The highest BCUT2D eigenvalue weighted by molar-refractivity contribution is 6.06. The van der Waals surface area contributed by atoms with Crippen molar-refractivity contribution in [3.63, 3.8) is 0 Å². The van der Waals surface area contributed by atoms with Gasteiger partial charge >= 0.3 is 6.09 Å². The Morgan fingerprint density at radius 1 is 1.00 bits per heavy atom. The van der Waals surface area contributed by atoms with Gasteiger partial charge in [-0.2, -0.15) is 5.26 Å². The summed E-state index contributed by atoms with van der Waals surface area (Å²) in [7, 11) is 0. The van der Waals surface area contributed by atoms with E-state index in [0.717, 1.165) is 0 Å². The number of nitrogens with one attached hydrogen (secondary N) is 2. The van der Waals surface area contributed by atoms with E-state index in [1.165, 1.54) is 18.2 Å². The molecule has 0 atom stereocenters. The van der Waals surface area contributed by atoms with Gasteiger partial charge in [0.2, 0.25) is 5.91 Å². The summed E-state index contributed by atoms with van der Waals surface area (Å²) in [4.78, 5) is 23.9. The Kier molecular flexibility index (Phi) is 6.40. The molecular weight excluding hydrogens is 358 g/mol. The minimum absolute atomic E-state index is 0.0746. The third kappa shape index (κ3) is 6.50. The van der Waals surface area contributed by atoms with E-state index in [2.05, 4.69) is 10.6 Å². The van der Waals surface area contributed by atoms with Gasteiger partial charge in [0.15, 0.2) is 0 Å². The maximum Gasteiger partial charge on any atom is 0.412 e. The van der Waals surface area contributed by atoms with Gasteiger partial charge in [-0.15, -0.1) is 0 Å². The fourth-order valence-electron chi connectivity index (χ4n) is 2.19. The number of amides is 2. The molecule has 0 fully saturated rings. The standard InChI is InChI=1S/C21H21N3O4/c1-21(2,3)28-20(27)24-17-8-6-16(7-9-17)23-19(26)12-15(13-22)14-4-10-18(25)11-5-14/h4-12,25H,1-3H3,(H,23,26)(H,24,27)/b15-12-. The van der Waals surface area contributed by atoms with E-state index in [0.29, 0.717) is 16.9 Å². The summed E-state index contributed by atoms with van der Waals surface area (Å²) in [6.45, 7) is 5.31. The number of phenolic OH excluding ortho intramolecular Hbond substituents is 1. The summed E-state index contributed by atoms with van der Waals surface area (Å²) in [6.07, 6.45) is 0.610. The van der Waals surface area contributed by atoms with Crippen LogP contribution in [0.5, 0.6) is 5.75 Å². The zero-order chi connectivity index (χ0) is 20.7. The van der Waals surface area contributed by atoms with Crippen LogP contribution in [0.25, 0.3) is 5.57 Å². The molecule has 0 saturated carbocycles. The monoisotopic (exact) mass is 379 g/mol. The van der Waals surface area contributed by atoms with Crippen LogP contribution in [0.1, 0.15) is 26.3 Å². The normalized spacial score (nSPS) is 11.3. The number of anilines is 2. The summed E-state index contributed by atoms with van der Waals surface area (Å²) in [5.74, 6) is -0.400. The van der Waals surface area contributed by atoms with Gasteiger partial charge in [0.05, 0.1) is 11.6 Å². The Bertz CT molecular complexity index is 918. The van der Waals surface area contributed by atoms with Crippen LogP contribution in [0.15, 0.2) is 54.6 Å². The Morgan fingerprint density at radius 3 is 2.04 bits per heavy atom. The Labute approximate surface area is 163 Å². The summed E-state index contributed by atoms with van der Waals surface area (Å²) < 4.78 is 5.17. The Balaban J connectivity index is 2.01. The smallest absolute Gasteiger partial charge is 0.412 e. The van der Waals surface area contributed by atoms with Crippen LogP contribution in [0.4, 0.5) is 16.2 Å². The fourth-order valence-corrected chi connectivity index (χ4v) is 2.19. The van der Waals surface area contributed by atoms with Crippen LogP contribution in [-0.2, 0) is 9.53 Å². The average molecular weight is 379 g/mol. The maximum atomic E-state index is 12.2. The molecule has 0 aliphatic heterocycles. The Morgan fingerprint density at radius 2 is 1.54 bits per heavy atom. The first kappa shape index (κ1) is 20.5. The number of hydrogen-bond donors (Lipinski definition) is 3. The first-order chi connectivity index (χ1) is 13.2. The SMILES string of the molecule is CC(C)(C)OC(=O)Nc1ccc(NC(=O)/C=C(/C#N)c2ccc(O)cc2)cc1. The van der Waals surface area contributed by atoms with E-state index in [1.54, 1.807) is 57.2 Å². The largest absolute Gasteiger partial charge is 0.508 e. The molecule has 28 heavy (non-hydrogen) atoms. The van der Waals surface area contributed by atoms with Crippen LogP contribution < -0.4 is 10.6 Å². The number of nitrogens with zero attached hydrogens (tertiary/aromatic N) is 1. The van der Waals surface area contributed by atoms with E-state index in [4.69, 9.17) is 4.74 Å². The van der Waals surface area contributed by atoms with Crippen molar-refractivity contribution in [3.05, 3.63) is 60.2 Å². The lowest BCUT2D eigenvalue weighted by molar-refractivity contribution is -0.111. The molecule has 0 unspecified atom stereocenters. The second kappa shape index (κ2) is 8.73. The van der Waals surface area contributed by atoms with Gasteiger partial charge in [-0.3, -0.25) is 10.1 Å². The van der Waals surface area contributed by atoms with Crippen molar-refractivity contribution in [1.29, 1.82) is 5.26 Å². The number of allylic oxidation sites excluding steroid dienone is 1. The highest BCUT2D eigenvalue weighted by Gasteiger charge is 2.16. The summed E-state index contributed by atoms with van der Waals surface area (Å²) in [6, 6.07) is 14.4. The zero-order valence-corrected chi connectivity index (χ0v) is 15.8. The van der Waals surface area contributed by atoms with Gasteiger partial charge in [-0.25, -0.2) is 4.79 Å². The van der Waals surface area contributed by atoms with Crippen molar-refractivity contribution >= 4 is 28.9 Å². The molecule has 2 aromatic carbocycles. The topological polar surface area (TPSA) is 111 Å². The minimum atomic E-state index is -0.597. The molecule has 3 N–H and O–H groups in total. The fraction of sp³-hybridized carbons (Fsp3) is 0.190. The molecule has 2 aromatic rings.